The van der Waals surface area contributed by atoms with Gasteiger partial charge in [-0.2, -0.15) is 0 Å². The van der Waals surface area contributed by atoms with Gasteiger partial charge in [0.2, 0.25) is 0 Å². The Morgan fingerprint density at radius 2 is 1.93 bits per heavy atom. The molecule has 0 rings (SSSR count). The monoisotopic (exact) mass is 533 g/mol. The van der Waals surface area contributed by atoms with Crippen molar-refractivity contribution in [3.8, 4) is 0 Å². The Labute approximate surface area is 105 Å². The van der Waals surface area contributed by atoms with Crippen LogP contribution in [0.5, 0.6) is 0 Å². The summed E-state index contributed by atoms with van der Waals surface area (Å²) in [5.74, 6) is -0.888. The average molecular weight is 533 g/mol. The van der Waals surface area contributed by atoms with Gasteiger partial charge in [0.15, 0.2) is 0 Å². The van der Waals surface area contributed by atoms with Crippen molar-refractivity contribution in [2.45, 2.75) is 20.8 Å². The van der Waals surface area contributed by atoms with E-state index >= 15 is 0 Å². The predicted molar refractivity (Wildman–Crippen MR) is 47.2 cm³/mol. The van der Waals surface area contributed by atoms with Crippen LogP contribution in [-0.2, 0) is 43.8 Å². The van der Waals surface area contributed by atoms with Crippen molar-refractivity contribution in [1.82, 2.24) is 0 Å². The molecule has 1 N–H and O–H groups in total. The molecule has 5 heteroatoms. The summed E-state index contributed by atoms with van der Waals surface area (Å²) in [5, 5.41) is 9.00. The number of allylic oxidation sites excluding steroid dienone is 2. The number of carbonyl (C=O) groups is 1. The first-order chi connectivity index (χ1) is 6.45. The quantitative estimate of drug-likeness (QED) is 0.443. The zero-order valence-corrected chi connectivity index (χ0v) is 14.1. The van der Waals surface area contributed by atoms with Crippen LogP contribution < -0.4 is 0 Å². The van der Waals surface area contributed by atoms with Crippen LogP contribution in [0.25, 0.3) is 0 Å². The Bertz CT molecular complexity index is 343. The van der Waals surface area contributed by atoms with Crippen molar-refractivity contribution in [3.63, 3.8) is 0 Å². The number of nitrogens with zero attached hydrogens (tertiary/aromatic N) is 1. The SMILES string of the molecule is CC=C(C(=O)O)C([C](C)=[W])=C(C)[N]=[W]. The Hall–Kier alpha value is -0.00338. The van der Waals surface area contributed by atoms with E-state index in [1.54, 1.807) is 13.0 Å². The molecule has 76 valence electrons. The fourth-order valence-electron chi connectivity index (χ4n) is 1.06. The van der Waals surface area contributed by atoms with Crippen molar-refractivity contribution in [1.29, 1.82) is 0 Å². The molecule has 0 aromatic carbocycles. The van der Waals surface area contributed by atoms with Gasteiger partial charge in [0.25, 0.3) is 0 Å². The van der Waals surface area contributed by atoms with E-state index in [1.807, 2.05) is 13.8 Å². The van der Waals surface area contributed by atoms with Gasteiger partial charge in [-0.05, 0) is 0 Å². The van der Waals surface area contributed by atoms with E-state index < -0.39 is 5.97 Å². The summed E-state index contributed by atoms with van der Waals surface area (Å²) in [5.41, 5.74) is 1.94. The van der Waals surface area contributed by atoms with Crippen LogP contribution in [0.1, 0.15) is 20.8 Å². The standard InChI is InChI=1S/C9H11NO2.2W/c1-4-7(6(3)10)8(5-2)9(11)12;;/h5H,1-3H3,(H,11,12);;. The Morgan fingerprint density at radius 1 is 1.43 bits per heavy atom. The summed E-state index contributed by atoms with van der Waals surface area (Å²) in [4.78, 5) is 11.0. The number of hydrogen-bond donors (Lipinski definition) is 1. The molecule has 0 heterocycles. The second-order valence-electron chi connectivity index (χ2n) is 2.62. The minimum atomic E-state index is -0.888. The van der Waals surface area contributed by atoms with Crippen molar-refractivity contribution in [2.75, 3.05) is 0 Å². The van der Waals surface area contributed by atoms with Crippen LogP contribution in [0.2, 0.25) is 0 Å². The minimum absolute atomic E-state index is 0.347. The second kappa shape index (κ2) is 6.47. The molecule has 0 saturated carbocycles. The molecule has 0 aliphatic heterocycles. The maximum atomic E-state index is 11.0. The first-order valence-corrected chi connectivity index (χ1v) is 6.68. The molecular weight excluding hydrogens is 522 g/mol. The molecule has 0 bridgehead atoms. The summed E-state index contributed by atoms with van der Waals surface area (Å²) in [6.45, 7) is 5.51. The van der Waals surface area contributed by atoms with Gasteiger partial charge >= 0.3 is 106 Å². The fraction of sp³-hybridized carbons (Fsp3) is 0.333. The second-order valence-corrected chi connectivity index (χ2v) is 5.47. The normalized spacial score (nSPS) is 13.2. The summed E-state index contributed by atoms with van der Waals surface area (Å²) in [6.07, 6.45) is 1.62. The van der Waals surface area contributed by atoms with Crippen molar-refractivity contribution < 1.29 is 48.9 Å². The predicted octanol–water partition coefficient (Wildman–Crippen LogP) is 1.76. The van der Waals surface area contributed by atoms with Crippen molar-refractivity contribution >= 4 is 9.87 Å². The first kappa shape index (κ1) is 14.0. The molecule has 0 aliphatic rings. The average Bonchev–Trinajstić information content (AvgIpc) is 2.11. The molecule has 0 spiro atoms. The number of carboxylic acid groups (broad SMARTS) is 1. The molecule has 0 radical (unpaired) electrons. The molecule has 0 fully saturated rings. The third kappa shape index (κ3) is 3.63. The van der Waals surface area contributed by atoms with E-state index in [0.717, 1.165) is 34.8 Å². The summed E-state index contributed by atoms with van der Waals surface area (Å²) < 4.78 is 5.17. The molecular formula is C9H11NO2W2. The topological polar surface area (TPSA) is 49.7 Å². The van der Waals surface area contributed by atoms with E-state index in [-0.39, 0.29) is 0 Å². The molecule has 0 amide bonds. The van der Waals surface area contributed by atoms with Crippen LogP contribution >= 0.6 is 0 Å². The van der Waals surface area contributed by atoms with Gasteiger partial charge < -0.3 is 0 Å². The molecule has 3 nitrogen and oxygen atoms in total. The summed E-state index contributed by atoms with van der Waals surface area (Å²) in [7, 11) is 0. The first-order valence-electron chi connectivity index (χ1n) is 3.90. The Kier molecular flexibility index (Phi) is 6.47. The van der Waals surface area contributed by atoms with Gasteiger partial charge in [0, 0.05) is 0 Å². The van der Waals surface area contributed by atoms with Crippen molar-refractivity contribution in [3.05, 3.63) is 22.9 Å². The summed E-state index contributed by atoms with van der Waals surface area (Å²) in [6, 6.07) is 0. The van der Waals surface area contributed by atoms with Crippen molar-refractivity contribution in [2.24, 2.45) is 3.50 Å². The van der Waals surface area contributed by atoms with Gasteiger partial charge in [0.1, 0.15) is 0 Å². The fourth-order valence-corrected chi connectivity index (χ4v) is 2.31. The Balaban J connectivity index is 5.56. The molecule has 0 unspecified atom stereocenters. The molecule has 14 heavy (non-hydrogen) atoms. The number of hydrogen-bond acceptors (Lipinski definition) is 2. The zero-order chi connectivity index (χ0) is 11.3. The number of aliphatic carboxylic acids is 1. The molecule has 0 saturated heterocycles. The van der Waals surface area contributed by atoms with E-state index in [1.165, 1.54) is 19.4 Å². The third-order valence-corrected chi connectivity index (χ3v) is 3.36. The van der Waals surface area contributed by atoms with Gasteiger partial charge in [0.05, 0.1) is 0 Å². The van der Waals surface area contributed by atoms with E-state index in [2.05, 4.69) is 3.50 Å². The third-order valence-electron chi connectivity index (χ3n) is 1.64. The van der Waals surface area contributed by atoms with Crippen LogP contribution in [0, 0.1) is 0 Å². The van der Waals surface area contributed by atoms with Crippen LogP contribution in [0.15, 0.2) is 26.4 Å². The zero-order valence-electron chi connectivity index (χ0n) is 8.20. The van der Waals surface area contributed by atoms with E-state index in [9.17, 15) is 4.79 Å². The van der Waals surface area contributed by atoms with Gasteiger partial charge in [-0.15, -0.1) is 0 Å². The van der Waals surface area contributed by atoms with E-state index in [0.29, 0.717) is 5.57 Å². The van der Waals surface area contributed by atoms with E-state index in [4.69, 9.17) is 5.11 Å². The molecule has 0 atom stereocenters. The Morgan fingerprint density at radius 3 is 2.14 bits per heavy atom. The number of carboxylic acids is 1. The summed E-state index contributed by atoms with van der Waals surface area (Å²) >= 11 is 2.36. The molecule has 0 aromatic heterocycles. The van der Waals surface area contributed by atoms with Gasteiger partial charge in [-0.3, -0.25) is 0 Å². The van der Waals surface area contributed by atoms with Crippen LogP contribution in [-0.4, -0.2) is 15.0 Å². The van der Waals surface area contributed by atoms with Gasteiger partial charge in [-0.1, -0.05) is 0 Å². The maximum absolute atomic E-state index is 11.0. The molecule has 0 aliphatic carbocycles. The van der Waals surface area contributed by atoms with Crippen LogP contribution in [0.4, 0.5) is 0 Å². The van der Waals surface area contributed by atoms with Gasteiger partial charge in [-0.25, -0.2) is 0 Å². The number of rotatable bonds is 4. The van der Waals surface area contributed by atoms with Crippen LogP contribution in [0.3, 0.4) is 0 Å². The molecule has 0 aromatic rings.